The molecule has 42 heavy (non-hydrogen) atoms. The van der Waals surface area contributed by atoms with Crippen molar-refractivity contribution in [3.8, 4) is 11.1 Å². The Morgan fingerprint density at radius 2 is 1.83 bits per heavy atom. The van der Waals surface area contributed by atoms with Crippen LogP contribution in [0.4, 0.5) is 14.9 Å². The number of carbonyl (C=O) groups excluding carboxylic acids is 3. The van der Waals surface area contributed by atoms with E-state index in [0.717, 1.165) is 41.6 Å². The number of nitrogens with zero attached hydrogens (tertiary/aromatic N) is 2. The standard InChI is InChI=1S/C32H40FN5O4/c1-32(2)17-27-29(24-12-6-20(33)16-26(24)38(27)28(39)18-32)19-5-11-23(30(34)40)25(15-19)36-21-7-9-22(10-8-21)42-31(41)35-13-14-37(3)4/h5-6,11-12,15-16,21-22,36H,7-10,13-14,17-18H2,1-4H3,(H2,34,40)(H,35,41)/t21-,22-. The number of anilines is 1. The predicted octanol–water partition coefficient (Wildman–Crippen LogP) is 5.17. The van der Waals surface area contributed by atoms with Crippen LogP contribution in [-0.4, -0.2) is 66.7 Å². The van der Waals surface area contributed by atoms with E-state index in [2.05, 4.69) is 24.5 Å². The summed E-state index contributed by atoms with van der Waals surface area (Å²) in [5.41, 5.74) is 9.59. The summed E-state index contributed by atoms with van der Waals surface area (Å²) in [6, 6.07) is 10.1. The van der Waals surface area contributed by atoms with Gasteiger partial charge in [0.05, 0.1) is 11.1 Å². The summed E-state index contributed by atoms with van der Waals surface area (Å²) in [6.45, 7) is 5.39. The van der Waals surface area contributed by atoms with Gasteiger partial charge in [-0.2, -0.15) is 0 Å². The zero-order chi connectivity index (χ0) is 30.2. The fourth-order valence-corrected chi connectivity index (χ4v) is 6.25. The number of primary amides is 1. The zero-order valence-electron chi connectivity index (χ0n) is 24.8. The van der Waals surface area contributed by atoms with Gasteiger partial charge in [0.1, 0.15) is 11.9 Å². The molecule has 2 aromatic carbocycles. The van der Waals surface area contributed by atoms with Crippen LogP contribution in [0.25, 0.3) is 22.0 Å². The second-order valence-electron chi connectivity index (χ2n) is 12.6. The molecule has 2 aliphatic rings. The molecule has 10 heteroatoms. The Bertz CT molecular complexity index is 1520. The SMILES string of the molecule is CN(C)CCNC(=O)O[C@H]1CC[C@H](Nc2cc(-c3c4n(c5cc(F)ccc35)C(=O)CC(C)(C)C4)ccc2C(N)=O)CC1. The van der Waals surface area contributed by atoms with Crippen LogP contribution in [0.15, 0.2) is 36.4 Å². The monoisotopic (exact) mass is 577 g/mol. The van der Waals surface area contributed by atoms with Crippen LogP contribution in [0.2, 0.25) is 0 Å². The van der Waals surface area contributed by atoms with Gasteiger partial charge in [-0.1, -0.05) is 19.9 Å². The molecule has 0 unspecified atom stereocenters. The summed E-state index contributed by atoms with van der Waals surface area (Å²) in [4.78, 5) is 39.8. The molecule has 0 saturated heterocycles. The van der Waals surface area contributed by atoms with Gasteiger partial charge in [-0.15, -0.1) is 0 Å². The van der Waals surface area contributed by atoms with E-state index in [1.54, 1.807) is 16.7 Å². The fraction of sp³-hybridized carbons (Fsp3) is 0.469. The normalized spacial score (nSPS) is 19.9. The molecule has 0 bridgehead atoms. The van der Waals surface area contributed by atoms with E-state index >= 15 is 0 Å². The van der Waals surface area contributed by atoms with Crippen molar-refractivity contribution in [2.75, 3.05) is 32.5 Å². The summed E-state index contributed by atoms with van der Waals surface area (Å²) < 4.78 is 21.6. The number of alkyl carbamates (subject to hydrolysis) is 1. The van der Waals surface area contributed by atoms with Gasteiger partial charge in [-0.05, 0) is 87.5 Å². The number of rotatable bonds is 8. The Labute approximate surface area is 245 Å². The van der Waals surface area contributed by atoms with E-state index < -0.39 is 17.8 Å². The summed E-state index contributed by atoms with van der Waals surface area (Å²) in [5.74, 6) is -0.998. The Kier molecular flexibility index (Phi) is 8.28. The number of amides is 2. The maximum Gasteiger partial charge on any atom is 0.407 e. The van der Waals surface area contributed by atoms with E-state index in [1.165, 1.54) is 12.1 Å². The number of ether oxygens (including phenoxy) is 1. The molecule has 1 aliphatic heterocycles. The maximum absolute atomic E-state index is 14.3. The number of nitrogens with two attached hydrogens (primary N) is 1. The second kappa shape index (κ2) is 11.8. The lowest BCUT2D eigenvalue weighted by Gasteiger charge is -2.31. The van der Waals surface area contributed by atoms with E-state index in [9.17, 15) is 18.8 Å². The number of hydrogen-bond donors (Lipinski definition) is 3. The van der Waals surface area contributed by atoms with Crippen molar-refractivity contribution >= 4 is 34.5 Å². The average molecular weight is 578 g/mol. The van der Waals surface area contributed by atoms with E-state index in [0.29, 0.717) is 49.0 Å². The Balaban J connectivity index is 1.39. The minimum Gasteiger partial charge on any atom is -0.446 e. The molecule has 1 fully saturated rings. The number of benzene rings is 2. The summed E-state index contributed by atoms with van der Waals surface area (Å²) >= 11 is 0. The fourth-order valence-electron chi connectivity index (χ4n) is 6.25. The van der Waals surface area contributed by atoms with Crippen LogP contribution in [0.1, 0.15) is 66.8 Å². The first-order valence-corrected chi connectivity index (χ1v) is 14.6. The van der Waals surface area contributed by atoms with Crippen LogP contribution in [0.5, 0.6) is 0 Å². The highest BCUT2D eigenvalue weighted by molar-refractivity contribution is 6.06. The van der Waals surface area contributed by atoms with Gasteiger partial charge in [0.15, 0.2) is 0 Å². The van der Waals surface area contributed by atoms with Crippen LogP contribution >= 0.6 is 0 Å². The number of fused-ring (bicyclic) bond motifs is 3. The Hall–Kier alpha value is -3.92. The number of carbonyl (C=O) groups is 3. The van der Waals surface area contributed by atoms with Crippen LogP contribution in [-0.2, 0) is 11.2 Å². The number of aromatic nitrogens is 1. The highest BCUT2D eigenvalue weighted by atomic mass is 19.1. The first-order valence-electron chi connectivity index (χ1n) is 14.6. The van der Waals surface area contributed by atoms with Crippen molar-refractivity contribution in [2.45, 2.75) is 64.5 Å². The minimum absolute atomic E-state index is 0.0550. The highest BCUT2D eigenvalue weighted by Gasteiger charge is 2.35. The third-order valence-electron chi connectivity index (χ3n) is 8.26. The highest BCUT2D eigenvalue weighted by Crippen LogP contribution is 2.43. The van der Waals surface area contributed by atoms with Crippen LogP contribution in [0.3, 0.4) is 0 Å². The molecule has 4 N–H and O–H groups in total. The van der Waals surface area contributed by atoms with E-state index in [1.807, 2.05) is 31.1 Å². The van der Waals surface area contributed by atoms with Gasteiger partial charge >= 0.3 is 6.09 Å². The largest absolute Gasteiger partial charge is 0.446 e. The topological polar surface area (TPSA) is 119 Å². The lowest BCUT2D eigenvalue weighted by Crippen LogP contribution is -2.36. The molecule has 5 rings (SSSR count). The lowest BCUT2D eigenvalue weighted by molar-refractivity contribution is 0.0728. The van der Waals surface area contributed by atoms with E-state index in [4.69, 9.17) is 10.5 Å². The number of likely N-dealkylation sites (N-methyl/N-ethyl adjacent to an activating group) is 1. The molecule has 9 nitrogen and oxygen atoms in total. The summed E-state index contributed by atoms with van der Waals surface area (Å²) in [7, 11) is 3.89. The molecule has 0 spiro atoms. The Morgan fingerprint density at radius 1 is 1.10 bits per heavy atom. The van der Waals surface area contributed by atoms with Gasteiger partial charge in [-0.3, -0.25) is 14.2 Å². The molecule has 2 amide bonds. The van der Waals surface area contributed by atoms with Crippen molar-refractivity contribution in [1.29, 1.82) is 0 Å². The maximum atomic E-state index is 14.3. The third kappa shape index (κ3) is 6.28. The number of hydrogen-bond acceptors (Lipinski definition) is 6. The molecule has 2 heterocycles. The average Bonchev–Trinajstić information content (AvgIpc) is 3.21. The first kappa shape index (κ1) is 29.6. The van der Waals surface area contributed by atoms with E-state index in [-0.39, 0.29) is 23.5 Å². The summed E-state index contributed by atoms with van der Waals surface area (Å²) in [6.07, 6.45) is 3.37. The van der Waals surface area contributed by atoms with Crippen molar-refractivity contribution in [3.05, 3.63) is 53.5 Å². The third-order valence-corrected chi connectivity index (χ3v) is 8.26. The number of halogens is 1. The number of nitrogens with one attached hydrogen (secondary N) is 2. The molecule has 3 aromatic rings. The van der Waals surface area contributed by atoms with Crippen molar-refractivity contribution < 1.29 is 23.5 Å². The molecule has 1 aliphatic carbocycles. The molecule has 224 valence electrons. The molecular formula is C32H40FN5O4. The van der Waals surface area contributed by atoms with Gasteiger partial charge in [0, 0.05) is 47.9 Å². The molecular weight excluding hydrogens is 537 g/mol. The summed E-state index contributed by atoms with van der Waals surface area (Å²) in [5, 5.41) is 7.09. The smallest absolute Gasteiger partial charge is 0.407 e. The Morgan fingerprint density at radius 3 is 2.52 bits per heavy atom. The van der Waals surface area contributed by atoms with Gasteiger partial charge in [0.2, 0.25) is 5.91 Å². The van der Waals surface area contributed by atoms with Crippen molar-refractivity contribution in [3.63, 3.8) is 0 Å². The molecule has 1 aromatic heterocycles. The molecule has 0 atom stereocenters. The van der Waals surface area contributed by atoms with Crippen LogP contribution < -0.4 is 16.4 Å². The lowest BCUT2D eigenvalue weighted by atomic mass is 9.80. The van der Waals surface area contributed by atoms with Crippen molar-refractivity contribution in [1.82, 2.24) is 14.8 Å². The van der Waals surface area contributed by atoms with Crippen molar-refractivity contribution in [2.24, 2.45) is 11.1 Å². The van der Waals surface area contributed by atoms with Crippen LogP contribution in [0, 0.1) is 11.2 Å². The van der Waals surface area contributed by atoms with Gasteiger partial charge in [-0.25, -0.2) is 9.18 Å². The first-order chi connectivity index (χ1) is 19.9. The molecule has 1 saturated carbocycles. The van der Waals surface area contributed by atoms with Gasteiger partial charge in [0.25, 0.3) is 5.91 Å². The molecule has 0 radical (unpaired) electrons. The second-order valence-corrected chi connectivity index (χ2v) is 12.6. The predicted molar refractivity (Wildman–Crippen MR) is 161 cm³/mol. The van der Waals surface area contributed by atoms with Gasteiger partial charge < -0.3 is 26.0 Å². The minimum atomic E-state index is -0.544. The quantitative estimate of drug-likeness (QED) is 0.340. The zero-order valence-corrected chi connectivity index (χ0v) is 24.8.